The number of piperidine rings is 1. The summed E-state index contributed by atoms with van der Waals surface area (Å²) in [5.41, 5.74) is -0.691. The smallest absolute Gasteiger partial charge is 0.382 e. The third-order valence-corrected chi connectivity index (χ3v) is 2.98. The Morgan fingerprint density at radius 2 is 2.17 bits per heavy atom. The highest BCUT2D eigenvalue weighted by atomic mass is 35.5. The minimum atomic E-state index is -4.70. The van der Waals surface area contributed by atoms with Gasteiger partial charge in [-0.15, -0.1) is 12.4 Å². The van der Waals surface area contributed by atoms with Crippen LogP contribution in [0.25, 0.3) is 0 Å². The zero-order valence-electron chi connectivity index (χ0n) is 10.0. The van der Waals surface area contributed by atoms with E-state index in [2.05, 4.69) is 10.6 Å². The van der Waals surface area contributed by atoms with Gasteiger partial charge in [-0.25, -0.2) is 0 Å². The zero-order valence-corrected chi connectivity index (χ0v) is 10.8. The Morgan fingerprint density at radius 3 is 2.61 bits per heavy atom. The highest BCUT2D eigenvalue weighted by Gasteiger charge is 2.40. The summed E-state index contributed by atoms with van der Waals surface area (Å²) in [4.78, 5) is 11.7. The molecule has 0 aromatic rings. The van der Waals surface area contributed by atoms with Crippen molar-refractivity contribution in [2.24, 2.45) is 5.41 Å². The summed E-state index contributed by atoms with van der Waals surface area (Å²) in [7, 11) is 0. The van der Waals surface area contributed by atoms with Crippen molar-refractivity contribution < 1.29 is 23.1 Å². The third kappa shape index (κ3) is 4.62. The van der Waals surface area contributed by atoms with Crippen LogP contribution in [0.1, 0.15) is 19.8 Å². The molecule has 0 aromatic heterocycles. The van der Waals surface area contributed by atoms with Gasteiger partial charge in [-0.2, -0.15) is 13.2 Å². The lowest BCUT2D eigenvalue weighted by Crippen LogP contribution is -2.51. The Labute approximate surface area is 110 Å². The third-order valence-electron chi connectivity index (χ3n) is 2.98. The second-order valence-electron chi connectivity index (χ2n) is 4.61. The fourth-order valence-corrected chi connectivity index (χ4v) is 1.77. The Bertz CT molecular complexity index is 281. The van der Waals surface area contributed by atoms with E-state index in [9.17, 15) is 18.0 Å². The van der Waals surface area contributed by atoms with Gasteiger partial charge >= 0.3 is 6.18 Å². The first-order valence-corrected chi connectivity index (χ1v) is 5.49. The molecule has 3 N–H and O–H groups in total. The highest BCUT2D eigenvalue weighted by Crippen LogP contribution is 2.26. The maximum absolute atomic E-state index is 12.0. The van der Waals surface area contributed by atoms with Crippen molar-refractivity contribution in [3.63, 3.8) is 0 Å². The molecule has 108 valence electrons. The average Bonchev–Trinajstić information content (AvgIpc) is 2.25. The van der Waals surface area contributed by atoms with Crippen LogP contribution in [0.3, 0.4) is 0 Å². The first kappa shape index (κ1) is 17.5. The summed E-state index contributed by atoms with van der Waals surface area (Å²) < 4.78 is 36.1. The van der Waals surface area contributed by atoms with E-state index in [0.717, 1.165) is 13.0 Å². The summed E-state index contributed by atoms with van der Waals surface area (Å²) in [6.07, 6.45) is -5.76. The van der Waals surface area contributed by atoms with Crippen molar-refractivity contribution in [3.05, 3.63) is 0 Å². The fraction of sp³-hybridized carbons (Fsp3) is 0.900. The van der Waals surface area contributed by atoms with Gasteiger partial charge in [0.2, 0.25) is 5.91 Å². The Hall–Kier alpha value is -0.530. The zero-order chi connectivity index (χ0) is 13.1. The number of rotatable bonds is 3. The minimum absolute atomic E-state index is 0. The van der Waals surface area contributed by atoms with Gasteiger partial charge in [-0.1, -0.05) is 0 Å². The second-order valence-corrected chi connectivity index (χ2v) is 4.61. The van der Waals surface area contributed by atoms with Crippen LogP contribution in [-0.2, 0) is 4.79 Å². The molecule has 1 aliphatic rings. The molecule has 0 aromatic carbocycles. The van der Waals surface area contributed by atoms with Gasteiger partial charge in [0.05, 0.1) is 12.0 Å². The summed E-state index contributed by atoms with van der Waals surface area (Å²) in [5, 5.41) is 13.9. The van der Waals surface area contributed by atoms with E-state index in [1.54, 1.807) is 6.92 Å². The molecule has 4 nitrogen and oxygen atoms in total. The van der Waals surface area contributed by atoms with Crippen molar-refractivity contribution in [3.8, 4) is 0 Å². The number of hydrogen-bond donors (Lipinski definition) is 3. The van der Waals surface area contributed by atoms with E-state index in [1.165, 1.54) is 0 Å². The molecule has 1 fully saturated rings. The molecule has 1 aliphatic heterocycles. The predicted molar refractivity (Wildman–Crippen MR) is 62.5 cm³/mol. The first-order valence-electron chi connectivity index (χ1n) is 5.49. The molecule has 18 heavy (non-hydrogen) atoms. The fourth-order valence-electron chi connectivity index (χ4n) is 1.77. The van der Waals surface area contributed by atoms with Crippen LogP contribution in [0, 0.1) is 5.41 Å². The van der Waals surface area contributed by atoms with Crippen LogP contribution in [-0.4, -0.2) is 42.9 Å². The van der Waals surface area contributed by atoms with Crippen molar-refractivity contribution in [2.45, 2.75) is 32.0 Å². The molecule has 1 rings (SSSR count). The molecule has 0 spiro atoms. The second kappa shape index (κ2) is 6.58. The maximum atomic E-state index is 12.0. The number of hydrogen-bond acceptors (Lipinski definition) is 3. The lowest BCUT2D eigenvalue weighted by molar-refractivity contribution is -0.202. The number of nitrogens with one attached hydrogen (secondary N) is 2. The topological polar surface area (TPSA) is 61.4 Å². The molecule has 0 radical (unpaired) electrons. The van der Waals surface area contributed by atoms with Crippen LogP contribution in [0.4, 0.5) is 13.2 Å². The van der Waals surface area contributed by atoms with E-state index in [1.807, 2.05) is 0 Å². The van der Waals surface area contributed by atoms with Crippen LogP contribution >= 0.6 is 12.4 Å². The van der Waals surface area contributed by atoms with Gasteiger partial charge in [0.1, 0.15) is 0 Å². The van der Waals surface area contributed by atoms with Gasteiger partial charge in [0, 0.05) is 6.54 Å². The number of aliphatic hydroxyl groups is 1. The molecule has 0 saturated carbocycles. The summed E-state index contributed by atoms with van der Waals surface area (Å²) in [5.74, 6) is -0.451. The summed E-state index contributed by atoms with van der Waals surface area (Å²) >= 11 is 0. The Kier molecular flexibility index (Phi) is 6.39. The number of amides is 1. The van der Waals surface area contributed by atoms with E-state index >= 15 is 0 Å². The van der Waals surface area contributed by atoms with Crippen LogP contribution < -0.4 is 10.6 Å². The van der Waals surface area contributed by atoms with Gasteiger partial charge in [-0.3, -0.25) is 4.79 Å². The van der Waals surface area contributed by atoms with Crippen molar-refractivity contribution in [2.75, 3.05) is 19.6 Å². The number of carbonyl (C=O) groups is 1. The SMILES string of the molecule is CC1(C(=O)NCC(O)C(F)(F)F)CCCNC1.Cl. The average molecular weight is 291 g/mol. The predicted octanol–water partition coefficient (Wildman–Crippen LogP) is 0.837. The number of alkyl halides is 3. The Morgan fingerprint density at radius 1 is 1.56 bits per heavy atom. The standard InChI is InChI=1S/C10H17F3N2O2.ClH/c1-9(3-2-4-14-6-9)8(17)15-5-7(16)10(11,12)13;/h7,14,16H,2-6H2,1H3,(H,15,17);1H. The molecule has 8 heteroatoms. The van der Waals surface area contributed by atoms with Gasteiger partial charge in [-0.05, 0) is 26.3 Å². The quantitative estimate of drug-likeness (QED) is 0.722. The molecule has 2 unspecified atom stereocenters. The largest absolute Gasteiger partial charge is 0.416 e. The molecule has 1 saturated heterocycles. The highest BCUT2D eigenvalue weighted by molar-refractivity contribution is 5.85. The number of halogens is 4. The monoisotopic (exact) mass is 290 g/mol. The molecule has 0 aliphatic carbocycles. The molecule has 1 amide bonds. The summed E-state index contributed by atoms with van der Waals surface area (Å²) in [6.45, 7) is 2.17. The lowest BCUT2D eigenvalue weighted by atomic mass is 9.82. The lowest BCUT2D eigenvalue weighted by Gasteiger charge is -2.33. The van der Waals surface area contributed by atoms with E-state index < -0.39 is 30.1 Å². The van der Waals surface area contributed by atoms with Gasteiger partial charge in [0.15, 0.2) is 6.10 Å². The Balaban J connectivity index is 0.00000289. The van der Waals surface area contributed by atoms with Crippen LogP contribution in [0.5, 0.6) is 0 Å². The van der Waals surface area contributed by atoms with Gasteiger partial charge < -0.3 is 15.7 Å². The summed E-state index contributed by atoms with van der Waals surface area (Å²) in [6, 6.07) is 0. The van der Waals surface area contributed by atoms with Crippen LogP contribution in [0.2, 0.25) is 0 Å². The first-order chi connectivity index (χ1) is 7.76. The number of carbonyl (C=O) groups excluding carboxylic acids is 1. The van der Waals surface area contributed by atoms with E-state index in [-0.39, 0.29) is 12.4 Å². The van der Waals surface area contributed by atoms with Crippen molar-refractivity contribution >= 4 is 18.3 Å². The van der Waals surface area contributed by atoms with E-state index in [4.69, 9.17) is 5.11 Å². The van der Waals surface area contributed by atoms with Crippen molar-refractivity contribution in [1.29, 1.82) is 0 Å². The normalized spacial score (nSPS) is 26.1. The van der Waals surface area contributed by atoms with Crippen molar-refractivity contribution in [1.82, 2.24) is 10.6 Å². The minimum Gasteiger partial charge on any atom is -0.382 e. The molecule has 1 heterocycles. The number of aliphatic hydroxyl groups excluding tert-OH is 1. The van der Waals surface area contributed by atoms with Gasteiger partial charge in [0.25, 0.3) is 0 Å². The van der Waals surface area contributed by atoms with Crippen LogP contribution in [0.15, 0.2) is 0 Å². The molecule has 2 atom stereocenters. The van der Waals surface area contributed by atoms with E-state index in [0.29, 0.717) is 13.0 Å². The molecular weight excluding hydrogens is 273 g/mol. The maximum Gasteiger partial charge on any atom is 0.416 e. The molecular formula is C10H18ClF3N2O2. The molecule has 0 bridgehead atoms.